The summed E-state index contributed by atoms with van der Waals surface area (Å²) in [6.07, 6.45) is -7.37. The molecular formula is C16H16F3NO3. The summed E-state index contributed by atoms with van der Waals surface area (Å²) in [6.45, 7) is 0.742. The minimum Gasteiger partial charge on any atom is -0.508 e. The lowest BCUT2D eigenvalue weighted by Crippen LogP contribution is -2.43. The van der Waals surface area contributed by atoms with Crippen LogP contribution in [0.2, 0.25) is 0 Å². The predicted octanol–water partition coefficient (Wildman–Crippen LogP) is 2.93. The molecule has 4 nitrogen and oxygen atoms in total. The lowest BCUT2D eigenvalue weighted by Gasteiger charge is -2.25. The van der Waals surface area contributed by atoms with Crippen LogP contribution in [0.15, 0.2) is 36.4 Å². The smallest absolute Gasteiger partial charge is 0.416 e. The van der Waals surface area contributed by atoms with Gasteiger partial charge in [-0.3, -0.25) is 4.79 Å². The summed E-state index contributed by atoms with van der Waals surface area (Å²) in [5.41, 5.74) is 0.221. The maximum atomic E-state index is 12.5. The summed E-state index contributed by atoms with van der Waals surface area (Å²) in [4.78, 5) is 13.5. The van der Waals surface area contributed by atoms with Gasteiger partial charge in [0, 0.05) is 12.1 Å². The zero-order valence-corrected chi connectivity index (χ0v) is 12.3. The number of nitrogens with zero attached hydrogens (tertiary/aromatic N) is 1. The highest BCUT2D eigenvalue weighted by molar-refractivity contribution is 6.07. The number of benzene rings is 2. The van der Waals surface area contributed by atoms with Crippen molar-refractivity contribution in [2.45, 2.75) is 19.2 Å². The van der Waals surface area contributed by atoms with Crippen molar-refractivity contribution in [1.82, 2.24) is 4.90 Å². The highest BCUT2D eigenvalue weighted by atomic mass is 19.4. The number of halogens is 3. The summed E-state index contributed by atoms with van der Waals surface area (Å²) in [5.74, 6) is -0.575. The molecule has 0 aliphatic rings. The minimum absolute atomic E-state index is 0.0282. The van der Waals surface area contributed by atoms with E-state index < -0.39 is 24.7 Å². The number of hydrogen-bond donors (Lipinski definition) is 2. The van der Waals surface area contributed by atoms with Crippen molar-refractivity contribution in [3.8, 4) is 5.75 Å². The fourth-order valence-corrected chi connectivity index (χ4v) is 2.30. The maximum absolute atomic E-state index is 12.5. The average Bonchev–Trinajstić information content (AvgIpc) is 2.49. The summed E-state index contributed by atoms with van der Waals surface area (Å²) in [5, 5.41) is 19.8. The zero-order chi connectivity index (χ0) is 17.2. The molecule has 2 rings (SSSR count). The molecule has 0 bridgehead atoms. The minimum atomic E-state index is -4.78. The summed E-state index contributed by atoms with van der Waals surface area (Å²) >= 11 is 0. The summed E-state index contributed by atoms with van der Waals surface area (Å²) in [7, 11) is 0. The molecule has 0 aliphatic heterocycles. The third-order valence-corrected chi connectivity index (χ3v) is 3.53. The Balaban J connectivity index is 2.35. The number of hydrogen-bond acceptors (Lipinski definition) is 3. The lowest BCUT2D eigenvalue weighted by atomic mass is 10.0. The van der Waals surface area contributed by atoms with Crippen molar-refractivity contribution >= 4 is 16.7 Å². The van der Waals surface area contributed by atoms with E-state index in [4.69, 9.17) is 0 Å². The van der Waals surface area contributed by atoms with Gasteiger partial charge in [-0.1, -0.05) is 12.1 Å². The summed E-state index contributed by atoms with van der Waals surface area (Å²) < 4.78 is 37.5. The molecule has 2 aromatic carbocycles. The normalized spacial score (nSPS) is 13.1. The number of phenolic OH excluding ortho intramolecular Hbond substituents is 1. The molecule has 0 heterocycles. The van der Waals surface area contributed by atoms with Crippen molar-refractivity contribution < 1.29 is 28.2 Å². The van der Waals surface area contributed by atoms with Gasteiger partial charge < -0.3 is 15.1 Å². The molecule has 0 fully saturated rings. The van der Waals surface area contributed by atoms with Gasteiger partial charge in [0.15, 0.2) is 6.10 Å². The van der Waals surface area contributed by atoms with Crippen molar-refractivity contribution in [2.75, 3.05) is 13.1 Å². The van der Waals surface area contributed by atoms with E-state index in [2.05, 4.69) is 0 Å². The molecule has 0 saturated heterocycles. The standard InChI is InChI=1S/C16H16F3NO3/c1-2-20(9-14(22)16(17,18)19)15(23)13-5-3-4-10-8-11(21)6-7-12(10)13/h3-8,14,21-22H,2,9H2,1H3/t14-/m1/s1. The topological polar surface area (TPSA) is 60.8 Å². The molecular weight excluding hydrogens is 311 g/mol. The Kier molecular flexibility index (Phi) is 4.79. The maximum Gasteiger partial charge on any atom is 0.416 e. The number of phenols is 1. The Hall–Kier alpha value is -2.28. The molecule has 0 spiro atoms. The second-order valence-electron chi connectivity index (χ2n) is 5.11. The Morgan fingerprint density at radius 2 is 1.96 bits per heavy atom. The van der Waals surface area contributed by atoms with Crippen LogP contribution in [0.25, 0.3) is 10.8 Å². The number of aliphatic hydroxyl groups is 1. The molecule has 1 amide bonds. The molecule has 1 atom stereocenters. The van der Waals surface area contributed by atoms with E-state index in [0.29, 0.717) is 10.8 Å². The van der Waals surface area contributed by atoms with Crippen LogP contribution in [0.5, 0.6) is 5.75 Å². The van der Waals surface area contributed by atoms with Crippen LogP contribution >= 0.6 is 0 Å². The van der Waals surface area contributed by atoms with Crippen molar-refractivity contribution in [3.05, 3.63) is 42.0 Å². The van der Waals surface area contributed by atoms with E-state index >= 15 is 0 Å². The van der Waals surface area contributed by atoms with Crippen LogP contribution in [0.1, 0.15) is 17.3 Å². The van der Waals surface area contributed by atoms with Crippen molar-refractivity contribution in [3.63, 3.8) is 0 Å². The van der Waals surface area contributed by atoms with Gasteiger partial charge in [-0.2, -0.15) is 13.2 Å². The van der Waals surface area contributed by atoms with E-state index in [-0.39, 0.29) is 17.9 Å². The molecule has 0 unspecified atom stereocenters. The number of aromatic hydroxyl groups is 1. The Bertz CT molecular complexity index is 715. The quantitative estimate of drug-likeness (QED) is 0.908. The molecule has 0 saturated carbocycles. The first kappa shape index (κ1) is 17.1. The SMILES string of the molecule is CCN(C[C@@H](O)C(F)(F)F)C(=O)c1cccc2cc(O)ccc12. The number of fused-ring (bicyclic) bond motifs is 1. The first-order chi connectivity index (χ1) is 10.7. The number of likely N-dealkylation sites (N-methyl/N-ethyl adjacent to an activating group) is 1. The largest absolute Gasteiger partial charge is 0.508 e. The lowest BCUT2D eigenvalue weighted by molar-refractivity contribution is -0.206. The van der Waals surface area contributed by atoms with Gasteiger partial charge in [-0.15, -0.1) is 0 Å². The van der Waals surface area contributed by atoms with E-state index in [0.717, 1.165) is 4.90 Å². The molecule has 0 aliphatic carbocycles. The number of amides is 1. The highest BCUT2D eigenvalue weighted by Crippen LogP contribution is 2.25. The van der Waals surface area contributed by atoms with Crippen LogP contribution < -0.4 is 0 Å². The number of rotatable bonds is 4. The van der Waals surface area contributed by atoms with E-state index in [1.807, 2.05) is 0 Å². The molecule has 2 N–H and O–H groups in total. The first-order valence-electron chi connectivity index (χ1n) is 7.00. The van der Waals surface area contributed by atoms with Gasteiger partial charge in [0.25, 0.3) is 5.91 Å². The number of aliphatic hydroxyl groups excluding tert-OH is 1. The van der Waals surface area contributed by atoms with Crippen LogP contribution in [0.3, 0.4) is 0 Å². The van der Waals surface area contributed by atoms with Gasteiger partial charge >= 0.3 is 6.18 Å². The van der Waals surface area contributed by atoms with E-state index in [9.17, 15) is 28.2 Å². The Morgan fingerprint density at radius 3 is 2.57 bits per heavy atom. The fourth-order valence-electron chi connectivity index (χ4n) is 2.30. The van der Waals surface area contributed by atoms with Gasteiger partial charge in [0.1, 0.15) is 5.75 Å². The molecule has 7 heteroatoms. The van der Waals surface area contributed by atoms with Crippen LogP contribution in [-0.4, -0.2) is 46.4 Å². The van der Waals surface area contributed by atoms with Crippen LogP contribution in [0, 0.1) is 0 Å². The third kappa shape index (κ3) is 3.73. The Labute approximate surface area is 130 Å². The number of alkyl halides is 3. The molecule has 0 radical (unpaired) electrons. The van der Waals surface area contributed by atoms with Gasteiger partial charge in [0.05, 0.1) is 6.54 Å². The number of carbonyl (C=O) groups excluding carboxylic acids is 1. The van der Waals surface area contributed by atoms with Gasteiger partial charge in [0.2, 0.25) is 0 Å². The fraction of sp³-hybridized carbons (Fsp3) is 0.312. The Morgan fingerprint density at radius 1 is 1.26 bits per heavy atom. The monoisotopic (exact) mass is 327 g/mol. The average molecular weight is 327 g/mol. The molecule has 23 heavy (non-hydrogen) atoms. The highest BCUT2D eigenvalue weighted by Gasteiger charge is 2.39. The van der Waals surface area contributed by atoms with Crippen molar-refractivity contribution in [1.29, 1.82) is 0 Å². The van der Waals surface area contributed by atoms with Crippen molar-refractivity contribution in [2.24, 2.45) is 0 Å². The second kappa shape index (κ2) is 6.45. The number of carbonyl (C=O) groups is 1. The van der Waals surface area contributed by atoms with E-state index in [1.54, 1.807) is 12.1 Å². The van der Waals surface area contributed by atoms with Crippen LogP contribution in [-0.2, 0) is 0 Å². The molecule has 0 aromatic heterocycles. The second-order valence-corrected chi connectivity index (χ2v) is 5.11. The first-order valence-corrected chi connectivity index (χ1v) is 7.00. The molecule has 124 valence electrons. The van der Waals surface area contributed by atoms with Crippen LogP contribution in [0.4, 0.5) is 13.2 Å². The van der Waals surface area contributed by atoms with E-state index in [1.165, 1.54) is 31.2 Å². The molecule has 2 aromatic rings. The predicted molar refractivity (Wildman–Crippen MR) is 79.3 cm³/mol. The van der Waals surface area contributed by atoms with Gasteiger partial charge in [-0.05, 0) is 42.0 Å². The third-order valence-electron chi connectivity index (χ3n) is 3.53. The summed E-state index contributed by atoms with van der Waals surface area (Å²) in [6, 6.07) is 9.18. The zero-order valence-electron chi connectivity index (χ0n) is 12.3. The van der Waals surface area contributed by atoms with Gasteiger partial charge in [-0.25, -0.2) is 0 Å².